The maximum Gasteiger partial charge on any atom is 0.239 e. The molecule has 0 spiro atoms. The molecule has 6 heteroatoms. The number of piperazine rings is 1. The number of carbonyl (C=O) groups excluding carboxylic acids is 2. The lowest BCUT2D eigenvalue weighted by atomic mass is 9.93. The number of hydrogen-bond donors (Lipinski definition) is 1. The van der Waals surface area contributed by atoms with Gasteiger partial charge in [0.15, 0.2) is 5.78 Å². The Hall–Kier alpha value is -2.08. The number of Topliss-reactive ketones (excluding diaryl/α,β-unsaturated/α-hetero) is 1. The van der Waals surface area contributed by atoms with Crippen molar-refractivity contribution in [2.75, 3.05) is 26.2 Å². The number of para-hydroxylation sites is 1. The summed E-state index contributed by atoms with van der Waals surface area (Å²) < 4.78 is 13.6. The highest BCUT2D eigenvalue weighted by Gasteiger charge is 2.34. The van der Waals surface area contributed by atoms with Gasteiger partial charge < -0.3 is 10.2 Å². The van der Waals surface area contributed by atoms with Gasteiger partial charge in [-0.25, -0.2) is 4.39 Å². The minimum absolute atomic E-state index is 0.0295. The van der Waals surface area contributed by atoms with E-state index in [-0.39, 0.29) is 22.9 Å². The number of rotatable bonds is 1. The maximum atomic E-state index is 13.6. The molecule has 1 unspecified atom stereocenters. The summed E-state index contributed by atoms with van der Waals surface area (Å²) in [6.45, 7) is 2.59. The van der Waals surface area contributed by atoms with E-state index in [9.17, 15) is 14.0 Å². The van der Waals surface area contributed by atoms with Crippen molar-refractivity contribution in [1.29, 1.82) is 0 Å². The summed E-state index contributed by atoms with van der Waals surface area (Å²) in [5.41, 5.74) is 0.211. The lowest BCUT2D eigenvalue weighted by molar-refractivity contribution is -0.132. The molecule has 0 saturated carbocycles. The van der Waals surface area contributed by atoms with Crippen LogP contribution in [0.4, 0.5) is 10.1 Å². The summed E-state index contributed by atoms with van der Waals surface area (Å²) in [6, 6.07) is 4.22. The van der Waals surface area contributed by atoms with Crippen LogP contribution in [0, 0.1) is 11.7 Å². The SMILES string of the molecule is O=C1c2cccc(F)c2N=CC1C(=O)N1CCNCC1. The first kappa shape index (κ1) is 12.9. The number of halogens is 1. The molecule has 0 aromatic heterocycles. The van der Waals surface area contributed by atoms with E-state index in [2.05, 4.69) is 10.3 Å². The van der Waals surface area contributed by atoms with Crippen molar-refractivity contribution >= 4 is 23.6 Å². The maximum absolute atomic E-state index is 13.6. The second-order valence-corrected chi connectivity index (χ2v) is 4.83. The number of nitrogens with one attached hydrogen (secondary N) is 1. The second-order valence-electron chi connectivity index (χ2n) is 4.83. The molecular formula is C14H14FN3O2. The first-order chi connectivity index (χ1) is 9.68. The van der Waals surface area contributed by atoms with Crippen LogP contribution in [0.1, 0.15) is 10.4 Å². The number of hydrogen-bond acceptors (Lipinski definition) is 4. The predicted octanol–water partition coefficient (Wildman–Crippen LogP) is 0.772. The largest absolute Gasteiger partial charge is 0.339 e. The van der Waals surface area contributed by atoms with E-state index in [1.807, 2.05) is 0 Å². The average molecular weight is 275 g/mol. The fourth-order valence-corrected chi connectivity index (χ4v) is 2.49. The summed E-state index contributed by atoms with van der Waals surface area (Å²) in [5.74, 6) is -2.10. The van der Waals surface area contributed by atoms with Crippen LogP contribution in [0.25, 0.3) is 0 Å². The van der Waals surface area contributed by atoms with Gasteiger partial charge in [0.05, 0.1) is 0 Å². The second kappa shape index (κ2) is 5.13. The van der Waals surface area contributed by atoms with E-state index in [1.54, 1.807) is 4.90 Å². The topological polar surface area (TPSA) is 61.8 Å². The minimum atomic E-state index is -0.928. The van der Waals surface area contributed by atoms with Crippen LogP contribution in [0.2, 0.25) is 0 Å². The Bertz CT molecular complexity index is 594. The smallest absolute Gasteiger partial charge is 0.239 e. The van der Waals surface area contributed by atoms with Crippen molar-refractivity contribution in [2.45, 2.75) is 0 Å². The highest BCUT2D eigenvalue weighted by atomic mass is 19.1. The van der Waals surface area contributed by atoms with Crippen molar-refractivity contribution in [3.63, 3.8) is 0 Å². The van der Waals surface area contributed by atoms with Gasteiger partial charge in [0.25, 0.3) is 0 Å². The zero-order valence-corrected chi connectivity index (χ0v) is 10.8. The Morgan fingerprint density at radius 3 is 2.85 bits per heavy atom. The molecule has 104 valence electrons. The van der Waals surface area contributed by atoms with Crippen LogP contribution in [0.15, 0.2) is 23.2 Å². The van der Waals surface area contributed by atoms with Crippen LogP contribution >= 0.6 is 0 Å². The minimum Gasteiger partial charge on any atom is -0.339 e. The summed E-state index contributed by atoms with van der Waals surface area (Å²) in [4.78, 5) is 30.3. The molecular weight excluding hydrogens is 261 g/mol. The summed E-state index contributed by atoms with van der Waals surface area (Å²) in [7, 11) is 0. The molecule has 1 N–H and O–H groups in total. The molecule has 2 aliphatic rings. The average Bonchev–Trinajstić information content (AvgIpc) is 2.49. The molecule has 2 heterocycles. The van der Waals surface area contributed by atoms with Crippen LogP contribution < -0.4 is 5.32 Å². The molecule has 1 saturated heterocycles. The molecule has 0 bridgehead atoms. The van der Waals surface area contributed by atoms with Gasteiger partial charge in [-0.05, 0) is 12.1 Å². The number of amides is 1. The Morgan fingerprint density at radius 2 is 2.10 bits per heavy atom. The molecule has 2 aliphatic heterocycles. The highest BCUT2D eigenvalue weighted by molar-refractivity contribution is 6.23. The van der Waals surface area contributed by atoms with Crippen LogP contribution in [0.5, 0.6) is 0 Å². The third kappa shape index (κ3) is 2.12. The zero-order valence-electron chi connectivity index (χ0n) is 10.8. The van der Waals surface area contributed by atoms with E-state index in [0.717, 1.165) is 13.1 Å². The Kier molecular flexibility index (Phi) is 3.31. The lowest BCUT2D eigenvalue weighted by Gasteiger charge is -2.30. The lowest BCUT2D eigenvalue weighted by Crippen LogP contribution is -2.50. The fourth-order valence-electron chi connectivity index (χ4n) is 2.49. The normalized spacial score (nSPS) is 21.8. The molecule has 1 aromatic rings. The summed E-state index contributed by atoms with van der Waals surface area (Å²) in [5, 5.41) is 3.14. The van der Waals surface area contributed by atoms with Gasteiger partial charge in [-0.1, -0.05) is 6.07 Å². The number of fused-ring (bicyclic) bond motifs is 1. The Labute approximate surface area is 115 Å². The number of ketones is 1. The quantitative estimate of drug-likeness (QED) is 0.770. The van der Waals surface area contributed by atoms with E-state index in [0.29, 0.717) is 13.1 Å². The van der Waals surface area contributed by atoms with Crippen molar-refractivity contribution in [3.05, 3.63) is 29.6 Å². The van der Waals surface area contributed by atoms with Crippen LogP contribution in [0.3, 0.4) is 0 Å². The number of nitrogens with zero attached hydrogens (tertiary/aromatic N) is 2. The molecule has 0 radical (unpaired) electrons. The van der Waals surface area contributed by atoms with E-state index < -0.39 is 11.7 Å². The van der Waals surface area contributed by atoms with Crippen molar-refractivity contribution in [1.82, 2.24) is 10.2 Å². The van der Waals surface area contributed by atoms with Crippen molar-refractivity contribution < 1.29 is 14.0 Å². The molecule has 20 heavy (non-hydrogen) atoms. The summed E-state index contributed by atoms with van der Waals surface area (Å²) >= 11 is 0. The molecule has 0 aliphatic carbocycles. The van der Waals surface area contributed by atoms with Gasteiger partial charge in [-0.3, -0.25) is 14.6 Å². The van der Waals surface area contributed by atoms with Gasteiger partial charge in [0, 0.05) is 38.0 Å². The third-order valence-electron chi connectivity index (χ3n) is 3.58. The molecule has 1 aromatic carbocycles. The van der Waals surface area contributed by atoms with Gasteiger partial charge in [-0.15, -0.1) is 0 Å². The number of aliphatic imine (C=N–C) groups is 1. The third-order valence-corrected chi connectivity index (χ3v) is 3.58. The first-order valence-electron chi connectivity index (χ1n) is 6.55. The standard InChI is InChI=1S/C14H14FN3O2/c15-11-3-1-2-9-12(11)17-8-10(13(9)19)14(20)18-6-4-16-5-7-18/h1-3,8,10,16H,4-7H2. The molecule has 1 fully saturated rings. The molecule has 5 nitrogen and oxygen atoms in total. The molecule has 1 atom stereocenters. The monoisotopic (exact) mass is 275 g/mol. The van der Waals surface area contributed by atoms with Gasteiger partial charge in [0.2, 0.25) is 5.91 Å². The zero-order chi connectivity index (χ0) is 14.1. The highest BCUT2D eigenvalue weighted by Crippen LogP contribution is 2.29. The predicted molar refractivity (Wildman–Crippen MR) is 71.8 cm³/mol. The summed E-state index contributed by atoms with van der Waals surface area (Å²) in [6.07, 6.45) is 1.26. The fraction of sp³-hybridized carbons (Fsp3) is 0.357. The first-order valence-corrected chi connectivity index (χ1v) is 6.55. The Balaban J connectivity index is 1.87. The molecule has 1 amide bonds. The Morgan fingerprint density at radius 1 is 1.35 bits per heavy atom. The molecule has 3 rings (SSSR count). The number of benzene rings is 1. The van der Waals surface area contributed by atoms with Crippen molar-refractivity contribution in [2.24, 2.45) is 10.9 Å². The van der Waals surface area contributed by atoms with Crippen LogP contribution in [-0.2, 0) is 4.79 Å². The van der Waals surface area contributed by atoms with Gasteiger partial charge >= 0.3 is 0 Å². The van der Waals surface area contributed by atoms with E-state index in [1.165, 1.54) is 24.4 Å². The van der Waals surface area contributed by atoms with E-state index in [4.69, 9.17) is 0 Å². The van der Waals surface area contributed by atoms with Gasteiger partial charge in [0.1, 0.15) is 17.4 Å². The van der Waals surface area contributed by atoms with Gasteiger partial charge in [-0.2, -0.15) is 0 Å². The van der Waals surface area contributed by atoms with E-state index >= 15 is 0 Å². The van der Waals surface area contributed by atoms with Crippen molar-refractivity contribution in [3.8, 4) is 0 Å². The number of carbonyl (C=O) groups is 2. The van der Waals surface area contributed by atoms with Crippen LogP contribution in [-0.4, -0.2) is 49.0 Å².